The van der Waals surface area contributed by atoms with Gasteiger partial charge in [-0.1, -0.05) is 42.5 Å². The molecule has 0 radical (unpaired) electrons. The van der Waals surface area contributed by atoms with E-state index in [4.69, 9.17) is 4.74 Å². The van der Waals surface area contributed by atoms with Crippen LogP contribution in [0.2, 0.25) is 0 Å². The van der Waals surface area contributed by atoms with E-state index in [2.05, 4.69) is 26.1 Å². The Labute approximate surface area is 119 Å². The Bertz CT molecular complexity index is 585. The van der Waals surface area contributed by atoms with Crippen molar-refractivity contribution in [3.8, 4) is 5.75 Å². The lowest BCUT2D eigenvalue weighted by Gasteiger charge is -2.19. The molecule has 1 heterocycles. The van der Waals surface area contributed by atoms with Crippen molar-refractivity contribution in [3.05, 3.63) is 65.7 Å². The van der Waals surface area contributed by atoms with Gasteiger partial charge in [0.2, 0.25) is 6.23 Å². The molecule has 1 aliphatic heterocycles. The number of aromatic hydroxyl groups is 1. The maximum Gasteiger partial charge on any atom is 0.223 e. The molecule has 20 heavy (non-hydrogen) atoms. The largest absolute Gasteiger partial charge is 0.507 e. The van der Waals surface area contributed by atoms with Crippen LogP contribution in [0.15, 0.2) is 54.6 Å². The molecule has 1 fully saturated rings. The molecule has 0 aromatic heterocycles. The molecule has 1 unspecified atom stereocenters. The Hall–Kier alpha value is -1.84. The fourth-order valence-corrected chi connectivity index (χ4v) is 2.89. The number of hydrogen-bond donors (Lipinski definition) is 2. The van der Waals surface area contributed by atoms with Crippen LogP contribution in [0.1, 0.15) is 30.4 Å². The average Bonchev–Trinajstić information content (AvgIpc) is 2.77. The van der Waals surface area contributed by atoms with E-state index in [-0.39, 0.29) is 12.3 Å². The van der Waals surface area contributed by atoms with Crippen molar-refractivity contribution in [1.29, 1.82) is 0 Å². The first kappa shape index (κ1) is 13.2. The quantitative estimate of drug-likeness (QED) is 0.876. The van der Waals surface area contributed by atoms with Crippen LogP contribution in [-0.4, -0.2) is 18.2 Å². The van der Waals surface area contributed by atoms with Crippen LogP contribution >= 0.6 is 0 Å². The van der Waals surface area contributed by atoms with Gasteiger partial charge in [-0.2, -0.15) is 0 Å². The Kier molecular flexibility index (Phi) is 3.47. The molecular formula is C17H20NO2+. The molecule has 0 spiro atoms. The molecule has 3 nitrogen and oxygen atoms in total. The molecule has 3 rings (SSSR count). The summed E-state index contributed by atoms with van der Waals surface area (Å²) >= 11 is 0. The van der Waals surface area contributed by atoms with Crippen molar-refractivity contribution in [3.63, 3.8) is 0 Å². The highest BCUT2D eigenvalue weighted by molar-refractivity contribution is 5.33. The first-order valence-electron chi connectivity index (χ1n) is 7.00. The summed E-state index contributed by atoms with van der Waals surface area (Å²) in [5.74, 6) is 0.303. The third-order valence-corrected chi connectivity index (χ3v) is 4.22. The molecule has 0 aliphatic carbocycles. The van der Waals surface area contributed by atoms with Crippen molar-refractivity contribution in [2.24, 2.45) is 0 Å². The van der Waals surface area contributed by atoms with Gasteiger partial charge in [0.1, 0.15) is 17.9 Å². The van der Waals surface area contributed by atoms with Gasteiger partial charge in [0.05, 0.1) is 12.6 Å². The highest BCUT2D eigenvalue weighted by Crippen LogP contribution is 2.33. The maximum absolute atomic E-state index is 10.0. The Balaban J connectivity index is 1.91. The molecule has 0 saturated carbocycles. The Morgan fingerprint density at radius 2 is 1.65 bits per heavy atom. The third-order valence-electron chi connectivity index (χ3n) is 4.22. The van der Waals surface area contributed by atoms with Crippen LogP contribution in [-0.2, 0) is 4.74 Å². The van der Waals surface area contributed by atoms with Crippen LogP contribution < -0.4 is 4.90 Å². The number of para-hydroxylation sites is 1. The summed E-state index contributed by atoms with van der Waals surface area (Å²) < 4.78 is 6.24. The predicted molar refractivity (Wildman–Crippen MR) is 77.5 cm³/mol. The number of phenolic OH excluding ortho intramolecular Hbond substituents is 1. The van der Waals surface area contributed by atoms with E-state index in [1.54, 1.807) is 6.07 Å². The zero-order valence-corrected chi connectivity index (χ0v) is 11.8. The number of benzene rings is 2. The summed E-state index contributed by atoms with van der Waals surface area (Å²) in [4.78, 5) is 1.26. The van der Waals surface area contributed by atoms with Gasteiger partial charge in [-0.05, 0) is 24.6 Å². The van der Waals surface area contributed by atoms with E-state index in [0.717, 1.165) is 5.56 Å². The number of nitrogens with one attached hydrogen (secondary N) is 1. The van der Waals surface area contributed by atoms with Gasteiger partial charge in [-0.25, -0.2) is 0 Å². The van der Waals surface area contributed by atoms with Crippen LogP contribution in [0, 0.1) is 0 Å². The third kappa shape index (κ3) is 2.19. The second kappa shape index (κ2) is 5.27. The minimum Gasteiger partial charge on any atom is -0.507 e. The van der Waals surface area contributed by atoms with Gasteiger partial charge in [-0.3, -0.25) is 0 Å². The van der Waals surface area contributed by atoms with Crippen molar-refractivity contribution >= 4 is 0 Å². The summed E-state index contributed by atoms with van der Waals surface area (Å²) in [6.07, 6.45) is -0.0720. The lowest BCUT2D eigenvalue weighted by molar-refractivity contribution is -0.933. The first-order chi connectivity index (χ1) is 9.68. The van der Waals surface area contributed by atoms with E-state index < -0.39 is 0 Å². The Morgan fingerprint density at radius 3 is 2.35 bits per heavy atom. The summed E-state index contributed by atoms with van der Waals surface area (Å²) in [5.41, 5.74) is 2.05. The summed E-state index contributed by atoms with van der Waals surface area (Å²) in [7, 11) is 2.12. The molecule has 2 aromatic carbocycles. The number of rotatable bonds is 2. The minimum atomic E-state index is -0.128. The predicted octanol–water partition coefficient (Wildman–Crippen LogP) is 2.07. The highest BCUT2D eigenvalue weighted by Gasteiger charge is 2.43. The van der Waals surface area contributed by atoms with E-state index in [1.807, 2.05) is 36.4 Å². The second-order valence-electron chi connectivity index (χ2n) is 5.44. The molecule has 0 bridgehead atoms. The zero-order valence-electron chi connectivity index (χ0n) is 11.8. The number of phenols is 1. The standard InChI is InChI=1S/C17H19NO2/c1-12-16(13-8-4-3-5-9-13)20-17(18(12)2)14-10-6-7-11-15(14)19/h3-12,16-17,19H,1-2H3/p+1/t12-,16+,17+/m1/s1. The molecule has 3 heteroatoms. The fourth-order valence-electron chi connectivity index (χ4n) is 2.89. The van der Waals surface area contributed by atoms with Gasteiger partial charge in [0.25, 0.3) is 0 Å². The summed E-state index contributed by atoms with van der Waals surface area (Å²) in [6.45, 7) is 2.19. The van der Waals surface area contributed by atoms with Gasteiger partial charge in [0, 0.05) is 0 Å². The maximum atomic E-state index is 10.0. The van der Waals surface area contributed by atoms with Crippen molar-refractivity contribution in [2.75, 3.05) is 7.05 Å². The molecule has 4 atom stereocenters. The lowest BCUT2D eigenvalue weighted by Crippen LogP contribution is -3.10. The monoisotopic (exact) mass is 270 g/mol. The fraction of sp³-hybridized carbons (Fsp3) is 0.294. The smallest absolute Gasteiger partial charge is 0.223 e. The van der Waals surface area contributed by atoms with Gasteiger partial charge < -0.3 is 14.7 Å². The van der Waals surface area contributed by atoms with Gasteiger partial charge in [-0.15, -0.1) is 0 Å². The van der Waals surface area contributed by atoms with Crippen LogP contribution in [0.5, 0.6) is 5.75 Å². The normalized spacial score (nSPS) is 29.5. The number of quaternary nitrogens is 1. The van der Waals surface area contributed by atoms with E-state index in [0.29, 0.717) is 11.8 Å². The molecular weight excluding hydrogens is 250 g/mol. The number of ether oxygens (including phenoxy) is 1. The molecule has 0 amide bonds. The van der Waals surface area contributed by atoms with E-state index in [9.17, 15) is 5.11 Å². The van der Waals surface area contributed by atoms with Crippen LogP contribution in [0.4, 0.5) is 0 Å². The molecule has 104 valence electrons. The van der Waals surface area contributed by atoms with Crippen molar-refractivity contribution in [1.82, 2.24) is 0 Å². The summed E-state index contributed by atoms with van der Waals surface area (Å²) in [5, 5.41) is 10.0. The van der Waals surface area contributed by atoms with E-state index in [1.165, 1.54) is 10.5 Å². The first-order valence-corrected chi connectivity index (χ1v) is 7.00. The minimum absolute atomic E-state index is 0.0563. The zero-order chi connectivity index (χ0) is 14.1. The average molecular weight is 270 g/mol. The lowest BCUT2D eigenvalue weighted by atomic mass is 10.0. The van der Waals surface area contributed by atoms with Crippen LogP contribution in [0.25, 0.3) is 0 Å². The molecule has 2 aromatic rings. The van der Waals surface area contributed by atoms with Gasteiger partial charge in [0.15, 0.2) is 0 Å². The molecule has 2 N–H and O–H groups in total. The Morgan fingerprint density at radius 1 is 1.00 bits per heavy atom. The molecule has 1 saturated heterocycles. The summed E-state index contributed by atoms with van der Waals surface area (Å²) in [6, 6.07) is 18.0. The number of likely N-dealkylation sites (N-methyl/N-ethyl adjacent to an activating group) is 1. The van der Waals surface area contributed by atoms with E-state index >= 15 is 0 Å². The molecule has 1 aliphatic rings. The van der Waals surface area contributed by atoms with Crippen LogP contribution in [0.3, 0.4) is 0 Å². The number of hydrogen-bond acceptors (Lipinski definition) is 2. The van der Waals surface area contributed by atoms with Crippen molar-refractivity contribution < 1.29 is 14.7 Å². The SMILES string of the molecule is C[C@@H]1[C@@H](c2ccccc2)O[C@@H](c2ccccc2O)[NH+]1C. The highest BCUT2D eigenvalue weighted by atomic mass is 16.5. The second-order valence-corrected chi connectivity index (χ2v) is 5.44. The van der Waals surface area contributed by atoms with Crippen molar-refractivity contribution in [2.45, 2.75) is 25.3 Å². The topological polar surface area (TPSA) is 33.9 Å². The van der Waals surface area contributed by atoms with Gasteiger partial charge >= 0.3 is 0 Å².